The van der Waals surface area contributed by atoms with Crippen LogP contribution < -0.4 is 27.8 Å². The van der Waals surface area contributed by atoms with Gasteiger partial charge >= 0.3 is 5.97 Å². The maximum Gasteiger partial charge on any atom is 0.326 e. The number of hydrogen-bond donors (Lipinski definition) is 8. The average molecular weight is 464 g/mol. The Bertz CT molecular complexity index is 974. The zero-order chi connectivity index (χ0) is 23.7. The standard InChI is InChI=1S/C20H29N7O4S/c21-13(5-3-7-24-20(22)23)17(28)27-16(10-32)18(29)26-15(19(30)31)8-11-9-25-14-6-2-1-4-12(11)14/h1-2,4,6,9,13,15-16,25,32H,3,5,7-8,10,21H2,(H,26,29)(H,27,28)(H,30,31)(H4,22,23,24). The molecule has 0 saturated carbocycles. The van der Waals surface area contributed by atoms with E-state index in [1.807, 2.05) is 24.3 Å². The van der Waals surface area contributed by atoms with Crippen LogP contribution in [0.15, 0.2) is 35.5 Å². The van der Waals surface area contributed by atoms with Crippen molar-refractivity contribution in [2.75, 3.05) is 12.3 Å². The lowest BCUT2D eigenvalue weighted by molar-refractivity contribution is -0.142. The fourth-order valence-electron chi connectivity index (χ4n) is 3.12. The monoisotopic (exact) mass is 463 g/mol. The van der Waals surface area contributed by atoms with E-state index >= 15 is 0 Å². The Hall–Kier alpha value is -3.25. The van der Waals surface area contributed by atoms with Crippen LogP contribution in [0.1, 0.15) is 18.4 Å². The highest BCUT2D eigenvalue weighted by atomic mass is 32.1. The molecule has 1 heterocycles. The van der Waals surface area contributed by atoms with E-state index in [1.54, 1.807) is 6.20 Å². The van der Waals surface area contributed by atoms with Gasteiger partial charge in [0.15, 0.2) is 5.96 Å². The van der Waals surface area contributed by atoms with Gasteiger partial charge < -0.3 is 37.9 Å². The Balaban J connectivity index is 1.96. The molecule has 174 valence electrons. The number of carbonyl (C=O) groups is 3. The van der Waals surface area contributed by atoms with E-state index in [1.165, 1.54) is 0 Å². The van der Waals surface area contributed by atoms with Crippen LogP contribution in [-0.4, -0.2) is 64.3 Å². The summed E-state index contributed by atoms with van der Waals surface area (Å²) in [6.45, 7) is 0.327. The van der Waals surface area contributed by atoms with Crippen molar-refractivity contribution in [1.29, 1.82) is 0 Å². The maximum atomic E-state index is 12.6. The van der Waals surface area contributed by atoms with Crippen LogP contribution in [0.2, 0.25) is 0 Å². The molecule has 2 aromatic rings. The fraction of sp³-hybridized carbons (Fsp3) is 0.400. The molecule has 2 rings (SSSR count). The van der Waals surface area contributed by atoms with E-state index in [9.17, 15) is 19.5 Å². The van der Waals surface area contributed by atoms with Gasteiger partial charge in [-0.2, -0.15) is 12.6 Å². The summed E-state index contributed by atoms with van der Waals surface area (Å²) in [4.78, 5) is 43.6. The SMILES string of the molecule is NC(N)=NCCCC(N)C(=O)NC(CS)C(=O)NC(Cc1c[nH]c2ccccc12)C(=O)O. The lowest BCUT2D eigenvalue weighted by Gasteiger charge is -2.21. The summed E-state index contributed by atoms with van der Waals surface area (Å²) < 4.78 is 0. The zero-order valence-electron chi connectivity index (χ0n) is 17.5. The minimum absolute atomic E-state index is 0.0300. The Morgan fingerprint density at radius 3 is 2.47 bits per heavy atom. The molecule has 1 aromatic heterocycles. The molecule has 32 heavy (non-hydrogen) atoms. The highest BCUT2D eigenvalue weighted by Gasteiger charge is 2.27. The Morgan fingerprint density at radius 1 is 1.12 bits per heavy atom. The number of carboxylic acids is 1. The number of amides is 2. The summed E-state index contributed by atoms with van der Waals surface area (Å²) >= 11 is 4.10. The maximum absolute atomic E-state index is 12.6. The summed E-state index contributed by atoms with van der Waals surface area (Å²) in [6.07, 6.45) is 2.58. The number of para-hydroxylation sites is 1. The molecule has 3 atom stereocenters. The van der Waals surface area contributed by atoms with Gasteiger partial charge in [-0.15, -0.1) is 0 Å². The van der Waals surface area contributed by atoms with Crippen LogP contribution in [0.25, 0.3) is 10.9 Å². The normalized spacial score (nSPS) is 13.7. The molecule has 10 N–H and O–H groups in total. The van der Waals surface area contributed by atoms with Crippen LogP contribution in [0.5, 0.6) is 0 Å². The van der Waals surface area contributed by atoms with Crippen LogP contribution in [0.3, 0.4) is 0 Å². The van der Waals surface area contributed by atoms with Gasteiger partial charge in [0.1, 0.15) is 12.1 Å². The molecule has 1 aromatic carbocycles. The first-order chi connectivity index (χ1) is 15.2. The first-order valence-corrected chi connectivity index (χ1v) is 10.7. The second kappa shape index (κ2) is 12.0. The highest BCUT2D eigenvalue weighted by molar-refractivity contribution is 7.80. The quantitative estimate of drug-likeness (QED) is 0.0859. The van der Waals surface area contributed by atoms with Crippen molar-refractivity contribution in [3.63, 3.8) is 0 Å². The molecule has 11 nitrogen and oxygen atoms in total. The smallest absolute Gasteiger partial charge is 0.326 e. The second-order valence-electron chi connectivity index (χ2n) is 7.26. The van der Waals surface area contributed by atoms with Crippen molar-refractivity contribution in [3.8, 4) is 0 Å². The van der Waals surface area contributed by atoms with E-state index in [0.29, 0.717) is 19.4 Å². The number of H-pyrrole nitrogens is 1. The summed E-state index contributed by atoms with van der Waals surface area (Å²) in [7, 11) is 0. The summed E-state index contributed by atoms with van der Waals surface area (Å²) in [6, 6.07) is 4.36. The minimum atomic E-state index is -1.19. The average Bonchev–Trinajstić information content (AvgIpc) is 3.16. The first-order valence-electron chi connectivity index (χ1n) is 10.0. The number of aliphatic carboxylic acids is 1. The van der Waals surface area contributed by atoms with Gasteiger partial charge in [-0.05, 0) is 24.5 Å². The molecule has 0 bridgehead atoms. The highest BCUT2D eigenvalue weighted by Crippen LogP contribution is 2.19. The van der Waals surface area contributed by atoms with Crippen molar-refractivity contribution in [2.24, 2.45) is 22.2 Å². The number of aromatic nitrogens is 1. The number of aliphatic imine (C=N–C) groups is 1. The predicted molar refractivity (Wildman–Crippen MR) is 125 cm³/mol. The molecule has 0 aliphatic rings. The van der Waals surface area contributed by atoms with Gasteiger partial charge in [-0.25, -0.2) is 4.79 Å². The molecule has 0 aliphatic carbocycles. The number of nitrogens with two attached hydrogens (primary N) is 3. The van der Waals surface area contributed by atoms with E-state index in [-0.39, 0.29) is 18.1 Å². The molecule has 0 aliphatic heterocycles. The third-order valence-electron chi connectivity index (χ3n) is 4.83. The van der Waals surface area contributed by atoms with Crippen LogP contribution in [0, 0.1) is 0 Å². The topological polar surface area (TPSA) is 202 Å². The number of carbonyl (C=O) groups excluding carboxylic acids is 2. The van der Waals surface area contributed by atoms with E-state index in [0.717, 1.165) is 16.5 Å². The van der Waals surface area contributed by atoms with Crippen LogP contribution >= 0.6 is 12.6 Å². The van der Waals surface area contributed by atoms with Gasteiger partial charge in [-0.3, -0.25) is 14.6 Å². The predicted octanol–water partition coefficient (Wildman–Crippen LogP) is -0.925. The number of thiol groups is 1. The van der Waals surface area contributed by atoms with Crippen molar-refractivity contribution >= 4 is 47.3 Å². The molecule has 0 fully saturated rings. The van der Waals surface area contributed by atoms with Crippen molar-refractivity contribution < 1.29 is 19.5 Å². The van der Waals surface area contributed by atoms with Gasteiger partial charge in [-0.1, -0.05) is 18.2 Å². The molecule has 0 spiro atoms. The van der Waals surface area contributed by atoms with Crippen molar-refractivity contribution in [3.05, 3.63) is 36.0 Å². The van der Waals surface area contributed by atoms with Crippen molar-refractivity contribution in [2.45, 2.75) is 37.4 Å². The lowest BCUT2D eigenvalue weighted by atomic mass is 10.0. The summed E-state index contributed by atoms with van der Waals surface area (Å²) in [5, 5.41) is 15.5. The Kier molecular flexibility index (Phi) is 9.35. The molecule has 12 heteroatoms. The molecular formula is C20H29N7O4S. The molecule has 0 saturated heterocycles. The molecule has 3 unspecified atom stereocenters. The number of nitrogens with zero attached hydrogens (tertiary/aromatic N) is 1. The van der Waals surface area contributed by atoms with Crippen LogP contribution in [-0.2, 0) is 20.8 Å². The van der Waals surface area contributed by atoms with E-state index in [2.05, 4.69) is 33.2 Å². The van der Waals surface area contributed by atoms with Crippen molar-refractivity contribution in [1.82, 2.24) is 15.6 Å². The third-order valence-corrected chi connectivity index (χ3v) is 5.20. The lowest BCUT2D eigenvalue weighted by Crippen LogP contribution is -2.55. The largest absolute Gasteiger partial charge is 0.480 e. The number of aromatic amines is 1. The number of carboxylic acid groups (broad SMARTS) is 1. The number of fused-ring (bicyclic) bond motifs is 1. The van der Waals surface area contributed by atoms with E-state index in [4.69, 9.17) is 17.2 Å². The minimum Gasteiger partial charge on any atom is -0.480 e. The molecular weight excluding hydrogens is 434 g/mol. The van der Waals surface area contributed by atoms with Gasteiger partial charge in [0.25, 0.3) is 0 Å². The molecule has 2 amide bonds. The number of hydrogen-bond acceptors (Lipinski definition) is 6. The second-order valence-corrected chi connectivity index (χ2v) is 7.63. The van der Waals surface area contributed by atoms with Gasteiger partial charge in [0.2, 0.25) is 11.8 Å². The summed E-state index contributed by atoms with van der Waals surface area (Å²) in [5.41, 5.74) is 17.9. The fourth-order valence-corrected chi connectivity index (χ4v) is 3.37. The number of benzene rings is 1. The van der Waals surface area contributed by atoms with E-state index < -0.39 is 35.9 Å². The Labute approximate surface area is 190 Å². The van der Waals surface area contributed by atoms with Gasteiger partial charge in [0.05, 0.1) is 6.04 Å². The third kappa shape index (κ3) is 7.17. The Morgan fingerprint density at radius 2 is 1.81 bits per heavy atom. The number of guanidine groups is 1. The molecule has 0 radical (unpaired) electrons. The van der Waals surface area contributed by atoms with Crippen LogP contribution in [0.4, 0.5) is 0 Å². The number of nitrogens with one attached hydrogen (secondary N) is 3. The van der Waals surface area contributed by atoms with Gasteiger partial charge in [0, 0.05) is 35.8 Å². The first kappa shape index (κ1) is 25.0. The zero-order valence-corrected chi connectivity index (χ0v) is 18.3. The summed E-state index contributed by atoms with van der Waals surface area (Å²) in [5.74, 6) is -2.47. The number of rotatable bonds is 12.